The van der Waals surface area contributed by atoms with Gasteiger partial charge in [0, 0.05) is 12.0 Å². The molecule has 1 fully saturated rings. The predicted molar refractivity (Wildman–Crippen MR) is 71.1 cm³/mol. The van der Waals surface area contributed by atoms with E-state index < -0.39 is 0 Å². The lowest BCUT2D eigenvalue weighted by Crippen LogP contribution is -2.10. The van der Waals surface area contributed by atoms with Crippen molar-refractivity contribution in [2.45, 2.75) is 25.2 Å². The van der Waals surface area contributed by atoms with E-state index in [0.717, 1.165) is 12.8 Å². The summed E-state index contributed by atoms with van der Waals surface area (Å²) in [6.07, 6.45) is 2.26. The minimum Gasteiger partial charge on any atom is -0.396 e. The molecule has 2 aromatic rings. The highest BCUT2D eigenvalue weighted by Gasteiger charge is 2.53. The van der Waals surface area contributed by atoms with Crippen LogP contribution in [0.2, 0.25) is 0 Å². The van der Waals surface area contributed by atoms with Crippen LogP contribution < -0.4 is 0 Å². The van der Waals surface area contributed by atoms with E-state index in [2.05, 4.69) is 49.4 Å². The zero-order valence-corrected chi connectivity index (χ0v) is 10.2. The molecule has 2 atom stereocenters. The molecule has 0 aliphatic heterocycles. The van der Waals surface area contributed by atoms with E-state index in [4.69, 9.17) is 0 Å². The van der Waals surface area contributed by atoms with E-state index in [0.29, 0.717) is 12.5 Å². The highest BCUT2D eigenvalue weighted by molar-refractivity contribution is 5.83. The molecule has 0 heterocycles. The van der Waals surface area contributed by atoms with Crippen LogP contribution in [-0.2, 0) is 5.41 Å². The maximum absolute atomic E-state index is 9.35. The van der Waals surface area contributed by atoms with Crippen LogP contribution in [0.25, 0.3) is 10.8 Å². The van der Waals surface area contributed by atoms with Gasteiger partial charge in [-0.25, -0.2) is 0 Å². The van der Waals surface area contributed by atoms with Gasteiger partial charge in [-0.05, 0) is 35.1 Å². The number of benzene rings is 2. The van der Waals surface area contributed by atoms with Gasteiger partial charge in [0.2, 0.25) is 0 Å². The average molecular weight is 226 g/mol. The molecular weight excluding hydrogens is 208 g/mol. The molecule has 0 unspecified atom stereocenters. The Bertz CT molecular complexity index is 546. The lowest BCUT2D eigenvalue weighted by atomic mass is 9.89. The zero-order chi connectivity index (χ0) is 11.9. The molecule has 1 nitrogen and oxygen atoms in total. The number of fused-ring (bicyclic) bond motifs is 1. The molecule has 0 saturated heterocycles. The van der Waals surface area contributed by atoms with Gasteiger partial charge in [-0.3, -0.25) is 0 Å². The highest BCUT2D eigenvalue weighted by Crippen LogP contribution is 2.56. The van der Waals surface area contributed by atoms with Gasteiger partial charge in [0.05, 0.1) is 0 Å². The standard InChI is InChI=1S/C16H18O/c1-2-16(10-15(16)11-17)14-8-7-12-5-3-4-6-13(12)9-14/h3-9,15,17H,2,10-11H2,1H3/t15-,16-/m1/s1. The van der Waals surface area contributed by atoms with Gasteiger partial charge < -0.3 is 5.11 Å². The van der Waals surface area contributed by atoms with Gasteiger partial charge in [0.1, 0.15) is 0 Å². The molecular formula is C16H18O. The normalized spacial score (nSPS) is 27.3. The van der Waals surface area contributed by atoms with Crippen LogP contribution in [-0.4, -0.2) is 11.7 Å². The van der Waals surface area contributed by atoms with Crippen molar-refractivity contribution in [1.82, 2.24) is 0 Å². The molecule has 0 bridgehead atoms. The second kappa shape index (κ2) is 3.85. The molecule has 1 N–H and O–H groups in total. The van der Waals surface area contributed by atoms with Crippen LogP contribution in [0.4, 0.5) is 0 Å². The number of aliphatic hydroxyl groups is 1. The Balaban J connectivity index is 2.07. The van der Waals surface area contributed by atoms with Crippen molar-refractivity contribution in [2.75, 3.05) is 6.61 Å². The quantitative estimate of drug-likeness (QED) is 0.849. The van der Waals surface area contributed by atoms with Crippen LogP contribution in [0, 0.1) is 5.92 Å². The van der Waals surface area contributed by atoms with Gasteiger partial charge in [-0.15, -0.1) is 0 Å². The van der Waals surface area contributed by atoms with Crippen molar-refractivity contribution in [2.24, 2.45) is 5.92 Å². The Kier molecular flexibility index (Phi) is 2.44. The van der Waals surface area contributed by atoms with Gasteiger partial charge in [-0.1, -0.05) is 49.4 Å². The molecule has 17 heavy (non-hydrogen) atoms. The predicted octanol–water partition coefficient (Wildman–Crippen LogP) is 3.50. The van der Waals surface area contributed by atoms with Crippen LogP contribution in [0.5, 0.6) is 0 Å². The molecule has 0 radical (unpaired) electrons. The highest BCUT2D eigenvalue weighted by atomic mass is 16.3. The molecule has 3 rings (SSSR count). The van der Waals surface area contributed by atoms with E-state index in [9.17, 15) is 5.11 Å². The summed E-state index contributed by atoms with van der Waals surface area (Å²) in [4.78, 5) is 0. The number of aliphatic hydroxyl groups excluding tert-OH is 1. The van der Waals surface area contributed by atoms with E-state index in [1.54, 1.807) is 0 Å². The largest absolute Gasteiger partial charge is 0.396 e. The Morgan fingerprint density at radius 1 is 1.18 bits per heavy atom. The lowest BCUT2D eigenvalue weighted by molar-refractivity contribution is 0.262. The first-order chi connectivity index (χ1) is 8.30. The minimum atomic E-state index is 0.249. The van der Waals surface area contributed by atoms with Crippen molar-refractivity contribution in [1.29, 1.82) is 0 Å². The first kappa shape index (κ1) is 10.8. The summed E-state index contributed by atoms with van der Waals surface area (Å²) in [6, 6.07) is 15.2. The fraction of sp³-hybridized carbons (Fsp3) is 0.375. The molecule has 0 spiro atoms. The lowest BCUT2D eigenvalue weighted by Gasteiger charge is -2.16. The fourth-order valence-electron chi connectivity index (χ4n) is 3.11. The summed E-state index contributed by atoms with van der Waals surface area (Å²) >= 11 is 0. The maximum Gasteiger partial charge on any atom is 0.0468 e. The molecule has 88 valence electrons. The van der Waals surface area contributed by atoms with Crippen LogP contribution >= 0.6 is 0 Å². The third-order valence-corrected chi connectivity index (χ3v) is 4.41. The first-order valence-corrected chi connectivity index (χ1v) is 6.40. The van der Waals surface area contributed by atoms with Gasteiger partial charge in [0.25, 0.3) is 0 Å². The summed E-state index contributed by atoms with van der Waals surface area (Å²) in [6.45, 7) is 2.55. The molecule has 1 aliphatic rings. The second-order valence-electron chi connectivity index (χ2n) is 5.16. The zero-order valence-electron chi connectivity index (χ0n) is 10.2. The maximum atomic E-state index is 9.35. The van der Waals surface area contributed by atoms with Crippen molar-refractivity contribution in [3.05, 3.63) is 48.0 Å². The summed E-state index contributed by atoms with van der Waals surface area (Å²) in [5.74, 6) is 0.466. The van der Waals surface area contributed by atoms with E-state index >= 15 is 0 Å². The Labute approximate surface area is 102 Å². The average Bonchev–Trinajstić information content (AvgIpc) is 3.13. The molecule has 0 amide bonds. The van der Waals surface area contributed by atoms with Crippen LogP contribution in [0.1, 0.15) is 25.3 Å². The van der Waals surface area contributed by atoms with Gasteiger partial charge in [-0.2, -0.15) is 0 Å². The Morgan fingerprint density at radius 2 is 1.94 bits per heavy atom. The Hall–Kier alpha value is -1.34. The minimum absolute atomic E-state index is 0.249. The smallest absolute Gasteiger partial charge is 0.0468 e. The van der Waals surface area contributed by atoms with E-state index in [1.165, 1.54) is 16.3 Å². The van der Waals surface area contributed by atoms with Crippen molar-refractivity contribution < 1.29 is 5.11 Å². The monoisotopic (exact) mass is 226 g/mol. The van der Waals surface area contributed by atoms with Crippen molar-refractivity contribution in [3.63, 3.8) is 0 Å². The molecule has 2 aromatic carbocycles. The molecule has 1 heteroatoms. The summed E-state index contributed by atoms with van der Waals surface area (Å²) in [7, 11) is 0. The Morgan fingerprint density at radius 3 is 2.59 bits per heavy atom. The van der Waals surface area contributed by atoms with Crippen molar-refractivity contribution >= 4 is 10.8 Å². The SMILES string of the molecule is CC[C@]1(c2ccc3ccccc3c2)C[C@@H]1CO. The third kappa shape index (κ3) is 1.57. The van der Waals surface area contributed by atoms with Gasteiger partial charge in [0.15, 0.2) is 0 Å². The second-order valence-corrected chi connectivity index (χ2v) is 5.16. The van der Waals surface area contributed by atoms with Gasteiger partial charge >= 0.3 is 0 Å². The van der Waals surface area contributed by atoms with Crippen LogP contribution in [0.15, 0.2) is 42.5 Å². The summed E-state index contributed by atoms with van der Waals surface area (Å²) in [5.41, 5.74) is 1.65. The van der Waals surface area contributed by atoms with E-state index in [1.807, 2.05) is 0 Å². The molecule has 0 aromatic heterocycles. The third-order valence-electron chi connectivity index (χ3n) is 4.41. The fourth-order valence-corrected chi connectivity index (χ4v) is 3.11. The van der Waals surface area contributed by atoms with Crippen molar-refractivity contribution in [3.8, 4) is 0 Å². The molecule has 1 aliphatic carbocycles. The van der Waals surface area contributed by atoms with E-state index in [-0.39, 0.29) is 5.41 Å². The number of hydrogen-bond donors (Lipinski definition) is 1. The topological polar surface area (TPSA) is 20.2 Å². The summed E-state index contributed by atoms with van der Waals surface area (Å²) < 4.78 is 0. The first-order valence-electron chi connectivity index (χ1n) is 6.40. The molecule has 1 saturated carbocycles. The summed E-state index contributed by atoms with van der Waals surface area (Å²) in [5, 5.41) is 11.9. The number of rotatable bonds is 3. The van der Waals surface area contributed by atoms with Crippen LogP contribution in [0.3, 0.4) is 0 Å². The number of hydrogen-bond acceptors (Lipinski definition) is 1.